The zero-order valence-electron chi connectivity index (χ0n) is 11.5. The minimum atomic E-state index is 0.421. The van der Waals surface area contributed by atoms with Crippen molar-refractivity contribution < 1.29 is 4.74 Å². The second kappa shape index (κ2) is 6.38. The molecule has 19 heavy (non-hydrogen) atoms. The van der Waals surface area contributed by atoms with Crippen LogP contribution in [0.2, 0.25) is 0 Å². The first-order valence-electron chi connectivity index (χ1n) is 6.69. The zero-order chi connectivity index (χ0) is 13.7. The van der Waals surface area contributed by atoms with E-state index in [4.69, 9.17) is 10.5 Å². The summed E-state index contributed by atoms with van der Waals surface area (Å²) < 4.78 is 7.76. The first-order chi connectivity index (χ1) is 9.24. The van der Waals surface area contributed by atoms with E-state index in [1.54, 1.807) is 0 Å². The Hall–Kier alpha value is -1.81. The van der Waals surface area contributed by atoms with E-state index < -0.39 is 0 Å². The highest BCUT2D eigenvalue weighted by Gasteiger charge is 2.06. The number of benzene rings is 1. The van der Waals surface area contributed by atoms with E-state index in [1.165, 1.54) is 0 Å². The van der Waals surface area contributed by atoms with Gasteiger partial charge in [-0.05, 0) is 25.5 Å². The number of hydrogen-bond donors (Lipinski definition) is 1. The first-order valence-corrected chi connectivity index (χ1v) is 6.69. The molecular formula is C15H21N3O. The number of rotatable bonds is 6. The average Bonchev–Trinajstić information content (AvgIpc) is 2.93. The van der Waals surface area contributed by atoms with Gasteiger partial charge in [0.2, 0.25) is 0 Å². The van der Waals surface area contributed by atoms with E-state index in [0.29, 0.717) is 19.2 Å². The van der Waals surface area contributed by atoms with Crippen LogP contribution in [0.5, 0.6) is 5.75 Å². The van der Waals surface area contributed by atoms with Crippen molar-refractivity contribution in [3.05, 3.63) is 47.8 Å². The van der Waals surface area contributed by atoms with Crippen LogP contribution in [-0.2, 0) is 13.2 Å². The number of ether oxygens (including phenoxy) is 1. The lowest BCUT2D eigenvalue weighted by atomic mass is 10.2. The predicted molar refractivity (Wildman–Crippen MR) is 75.9 cm³/mol. The molecule has 0 radical (unpaired) electrons. The second-order valence-corrected chi connectivity index (χ2v) is 4.64. The fraction of sp³-hybridized carbons (Fsp3) is 0.400. The summed E-state index contributed by atoms with van der Waals surface area (Å²) in [5.74, 6) is 0.836. The summed E-state index contributed by atoms with van der Waals surface area (Å²) in [6, 6.07) is 10.3. The van der Waals surface area contributed by atoms with E-state index >= 15 is 0 Å². The number of hydrogen-bond acceptors (Lipinski definition) is 3. The van der Waals surface area contributed by atoms with Gasteiger partial charge in [0.1, 0.15) is 12.4 Å². The topological polar surface area (TPSA) is 53.1 Å². The van der Waals surface area contributed by atoms with Gasteiger partial charge in [0.25, 0.3) is 0 Å². The molecule has 1 unspecified atom stereocenters. The second-order valence-electron chi connectivity index (χ2n) is 4.64. The van der Waals surface area contributed by atoms with Gasteiger partial charge in [0.15, 0.2) is 0 Å². The van der Waals surface area contributed by atoms with Crippen molar-refractivity contribution in [2.45, 2.75) is 39.5 Å². The SMILES string of the molecule is CCC(C)n1ccc(COc2ccccc2CN)n1. The highest BCUT2D eigenvalue weighted by Crippen LogP contribution is 2.18. The Labute approximate surface area is 114 Å². The first kappa shape index (κ1) is 13.6. The molecule has 2 aromatic rings. The lowest BCUT2D eigenvalue weighted by molar-refractivity contribution is 0.295. The fourth-order valence-electron chi connectivity index (χ4n) is 1.85. The third-order valence-corrected chi connectivity index (χ3v) is 3.27. The molecule has 1 atom stereocenters. The molecule has 4 heteroatoms. The van der Waals surface area contributed by atoms with Crippen LogP contribution in [0.15, 0.2) is 36.5 Å². The third kappa shape index (κ3) is 3.35. The van der Waals surface area contributed by atoms with Crippen molar-refractivity contribution in [1.82, 2.24) is 9.78 Å². The zero-order valence-corrected chi connectivity index (χ0v) is 11.5. The maximum absolute atomic E-state index is 5.78. The van der Waals surface area contributed by atoms with Crippen LogP contribution in [-0.4, -0.2) is 9.78 Å². The van der Waals surface area contributed by atoms with Crippen molar-refractivity contribution in [3.8, 4) is 5.75 Å². The normalized spacial score (nSPS) is 12.4. The summed E-state index contributed by atoms with van der Waals surface area (Å²) in [6.45, 7) is 5.26. The minimum Gasteiger partial charge on any atom is -0.487 e. The largest absolute Gasteiger partial charge is 0.487 e. The molecule has 0 aliphatic rings. The Morgan fingerprint density at radius 1 is 1.32 bits per heavy atom. The maximum Gasteiger partial charge on any atom is 0.132 e. The van der Waals surface area contributed by atoms with Crippen molar-refractivity contribution in [2.75, 3.05) is 0 Å². The van der Waals surface area contributed by atoms with E-state index in [9.17, 15) is 0 Å². The van der Waals surface area contributed by atoms with Crippen LogP contribution in [0.3, 0.4) is 0 Å². The average molecular weight is 259 g/mol. The monoisotopic (exact) mass is 259 g/mol. The van der Waals surface area contributed by atoms with Gasteiger partial charge in [-0.15, -0.1) is 0 Å². The van der Waals surface area contributed by atoms with E-state index in [2.05, 4.69) is 18.9 Å². The Morgan fingerprint density at radius 3 is 2.84 bits per heavy atom. The minimum absolute atomic E-state index is 0.421. The number of para-hydroxylation sites is 1. The van der Waals surface area contributed by atoms with Crippen molar-refractivity contribution in [2.24, 2.45) is 5.73 Å². The Bertz CT molecular complexity index is 522. The predicted octanol–water partition coefficient (Wildman–Crippen LogP) is 2.89. The van der Waals surface area contributed by atoms with Gasteiger partial charge < -0.3 is 10.5 Å². The number of nitrogens with two attached hydrogens (primary N) is 1. The molecule has 0 saturated carbocycles. The molecule has 1 aromatic carbocycles. The van der Waals surface area contributed by atoms with Gasteiger partial charge in [-0.3, -0.25) is 4.68 Å². The molecule has 0 spiro atoms. The highest BCUT2D eigenvalue weighted by atomic mass is 16.5. The van der Waals surface area contributed by atoms with Crippen LogP contribution in [0.25, 0.3) is 0 Å². The summed E-state index contributed by atoms with van der Waals surface area (Å²) >= 11 is 0. The van der Waals surface area contributed by atoms with Gasteiger partial charge in [0, 0.05) is 24.3 Å². The van der Waals surface area contributed by atoms with E-state index in [-0.39, 0.29) is 0 Å². The molecule has 1 heterocycles. The van der Waals surface area contributed by atoms with Crippen molar-refractivity contribution in [3.63, 3.8) is 0 Å². The molecule has 0 aliphatic heterocycles. The molecule has 0 saturated heterocycles. The van der Waals surface area contributed by atoms with E-state index in [1.807, 2.05) is 41.2 Å². The Balaban J connectivity index is 2.00. The molecule has 2 N–H and O–H groups in total. The molecule has 0 amide bonds. The van der Waals surface area contributed by atoms with Crippen LogP contribution in [0.1, 0.15) is 37.6 Å². The smallest absolute Gasteiger partial charge is 0.132 e. The molecule has 1 aromatic heterocycles. The fourth-order valence-corrected chi connectivity index (χ4v) is 1.85. The molecule has 0 aliphatic carbocycles. The summed E-state index contributed by atoms with van der Waals surface area (Å²) in [5.41, 5.74) is 7.64. The van der Waals surface area contributed by atoms with Gasteiger partial charge in [-0.1, -0.05) is 25.1 Å². The highest BCUT2D eigenvalue weighted by molar-refractivity contribution is 5.33. The van der Waals surface area contributed by atoms with Crippen molar-refractivity contribution >= 4 is 0 Å². The molecule has 4 nitrogen and oxygen atoms in total. The van der Waals surface area contributed by atoms with Crippen molar-refractivity contribution in [1.29, 1.82) is 0 Å². The molecule has 0 fully saturated rings. The van der Waals surface area contributed by atoms with Crippen LogP contribution >= 0.6 is 0 Å². The third-order valence-electron chi connectivity index (χ3n) is 3.27. The number of nitrogens with zero attached hydrogens (tertiary/aromatic N) is 2. The van der Waals surface area contributed by atoms with Gasteiger partial charge in [-0.25, -0.2) is 0 Å². The molecule has 2 rings (SSSR count). The Kier molecular flexibility index (Phi) is 4.58. The van der Waals surface area contributed by atoms with Gasteiger partial charge >= 0.3 is 0 Å². The van der Waals surface area contributed by atoms with Crippen LogP contribution in [0, 0.1) is 0 Å². The summed E-state index contributed by atoms with van der Waals surface area (Å²) in [5, 5.41) is 4.51. The van der Waals surface area contributed by atoms with Gasteiger partial charge in [-0.2, -0.15) is 5.10 Å². The van der Waals surface area contributed by atoms with E-state index in [0.717, 1.165) is 23.4 Å². The maximum atomic E-state index is 5.78. The lowest BCUT2D eigenvalue weighted by Crippen LogP contribution is -2.06. The summed E-state index contributed by atoms with van der Waals surface area (Å²) in [7, 11) is 0. The summed E-state index contributed by atoms with van der Waals surface area (Å²) in [4.78, 5) is 0. The quantitative estimate of drug-likeness (QED) is 0.867. The van der Waals surface area contributed by atoms with Crippen LogP contribution < -0.4 is 10.5 Å². The number of aromatic nitrogens is 2. The summed E-state index contributed by atoms with van der Waals surface area (Å²) in [6.07, 6.45) is 3.07. The standard InChI is InChI=1S/C15H21N3O/c1-3-12(2)18-9-8-14(17-18)11-19-15-7-5-4-6-13(15)10-16/h4-9,12H,3,10-11,16H2,1-2H3. The van der Waals surface area contributed by atoms with Crippen LogP contribution in [0.4, 0.5) is 0 Å². The Morgan fingerprint density at radius 2 is 2.11 bits per heavy atom. The van der Waals surface area contributed by atoms with Gasteiger partial charge in [0.05, 0.1) is 5.69 Å². The lowest BCUT2D eigenvalue weighted by Gasteiger charge is -2.10. The molecule has 0 bridgehead atoms. The molecule has 102 valence electrons. The molecular weight excluding hydrogens is 238 g/mol.